The molecule has 1 rings (SSSR count). The van der Waals surface area contributed by atoms with E-state index in [4.69, 9.17) is 4.74 Å². The monoisotopic (exact) mass is 289 g/mol. The molecular weight excluding hydrogens is 262 g/mol. The Labute approximate surface area is 128 Å². The number of hydrogen-bond acceptors (Lipinski definition) is 4. The summed E-state index contributed by atoms with van der Waals surface area (Å²) in [6.45, 7) is 7.80. The first-order valence-electron chi connectivity index (χ1n) is 7.66. The molecule has 116 valence electrons. The van der Waals surface area contributed by atoms with E-state index in [1.165, 1.54) is 0 Å². The predicted octanol–water partition coefficient (Wildman–Crippen LogP) is 2.37. The highest BCUT2D eigenvalue weighted by Gasteiger charge is 2.32. The van der Waals surface area contributed by atoms with Crippen LogP contribution < -0.4 is 5.32 Å². The minimum Gasteiger partial charge on any atom is -0.380 e. The number of ether oxygens (including phenoxy) is 1. The largest absolute Gasteiger partial charge is 0.380 e. The van der Waals surface area contributed by atoms with E-state index in [0.717, 1.165) is 31.7 Å². The Hall–Kier alpha value is -1.41. The summed E-state index contributed by atoms with van der Waals surface area (Å²) in [5, 5.41) is 13.2. The third-order valence-electron chi connectivity index (χ3n) is 3.46. The molecule has 21 heavy (non-hydrogen) atoms. The molecule has 0 aliphatic heterocycles. The summed E-state index contributed by atoms with van der Waals surface area (Å²) in [6, 6.07) is 12.5. The molecule has 0 radical (unpaired) electrons. The summed E-state index contributed by atoms with van der Waals surface area (Å²) in [5.41, 5.74) is 0.349. The smallest absolute Gasteiger partial charge is 0.145 e. The van der Waals surface area contributed by atoms with E-state index >= 15 is 0 Å². The molecule has 0 fully saturated rings. The van der Waals surface area contributed by atoms with E-state index < -0.39 is 5.54 Å². The van der Waals surface area contributed by atoms with Gasteiger partial charge in [-0.15, -0.1) is 0 Å². The van der Waals surface area contributed by atoms with Gasteiger partial charge in [0.1, 0.15) is 5.54 Å². The molecule has 0 aromatic heterocycles. The summed E-state index contributed by atoms with van der Waals surface area (Å²) in [7, 11) is 2.03. The van der Waals surface area contributed by atoms with Crippen LogP contribution in [0.3, 0.4) is 0 Å². The van der Waals surface area contributed by atoms with Crippen LogP contribution in [-0.4, -0.2) is 44.8 Å². The average molecular weight is 289 g/mol. The zero-order valence-corrected chi connectivity index (χ0v) is 13.4. The van der Waals surface area contributed by atoms with Gasteiger partial charge in [-0.2, -0.15) is 5.26 Å². The minimum absolute atomic E-state index is 0.639. The topological polar surface area (TPSA) is 48.3 Å². The van der Waals surface area contributed by atoms with E-state index in [-0.39, 0.29) is 0 Å². The van der Waals surface area contributed by atoms with Gasteiger partial charge in [-0.25, -0.2) is 0 Å². The van der Waals surface area contributed by atoms with Crippen molar-refractivity contribution in [3.05, 3.63) is 35.9 Å². The lowest BCUT2D eigenvalue weighted by atomic mass is 9.90. The molecule has 1 unspecified atom stereocenters. The fraction of sp³-hybridized carbons (Fsp3) is 0.588. The molecule has 0 aliphatic carbocycles. The van der Waals surface area contributed by atoms with Crippen molar-refractivity contribution in [2.75, 3.05) is 39.9 Å². The van der Waals surface area contributed by atoms with E-state index in [9.17, 15) is 5.26 Å². The Morgan fingerprint density at radius 2 is 2.00 bits per heavy atom. The molecule has 0 heterocycles. The molecule has 0 saturated carbocycles. The third kappa shape index (κ3) is 5.47. The fourth-order valence-electron chi connectivity index (χ4n) is 2.30. The van der Waals surface area contributed by atoms with Gasteiger partial charge in [0.05, 0.1) is 12.7 Å². The lowest BCUT2D eigenvalue weighted by Crippen LogP contribution is -2.50. The van der Waals surface area contributed by atoms with Crippen molar-refractivity contribution >= 4 is 0 Å². The van der Waals surface area contributed by atoms with Crippen molar-refractivity contribution < 1.29 is 4.74 Å². The molecule has 0 saturated heterocycles. The molecule has 0 amide bonds. The summed E-state index contributed by atoms with van der Waals surface area (Å²) in [4.78, 5) is 2.15. The van der Waals surface area contributed by atoms with Gasteiger partial charge in [0.15, 0.2) is 0 Å². The first-order chi connectivity index (χ1) is 10.2. The minimum atomic E-state index is -0.668. The fourth-order valence-corrected chi connectivity index (χ4v) is 2.30. The Morgan fingerprint density at radius 1 is 1.29 bits per heavy atom. The van der Waals surface area contributed by atoms with Crippen LogP contribution in [0.2, 0.25) is 0 Å². The van der Waals surface area contributed by atoms with Crippen LogP contribution in [0.4, 0.5) is 0 Å². The highest BCUT2D eigenvalue weighted by molar-refractivity contribution is 5.32. The van der Waals surface area contributed by atoms with E-state index in [1.54, 1.807) is 0 Å². The highest BCUT2D eigenvalue weighted by atomic mass is 16.5. The lowest BCUT2D eigenvalue weighted by Gasteiger charge is -2.32. The van der Waals surface area contributed by atoms with Crippen molar-refractivity contribution in [1.82, 2.24) is 10.2 Å². The number of rotatable bonds is 10. The second-order valence-electron chi connectivity index (χ2n) is 5.24. The Morgan fingerprint density at radius 3 is 2.57 bits per heavy atom. The maximum absolute atomic E-state index is 9.81. The summed E-state index contributed by atoms with van der Waals surface area (Å²) in [5.74, 6) is 0. The molecule has 1 atom stereocenters. The SMILES string of the molecule is CCCNC(C#N)(CN(C)CCOCC)c1ccccc1. The zero-order chi connectivity index (χ0) is 15.6. The standard InChI is InChI=1S/C17H27N3O/c1-4-11-19-17(14-18,16-9-7-6-8-10-16)15-20(3)12-13-21-5-2/h6-10,19H,4-5,11-13,15H2,1-3H3. The van der Waals surface area contributed by atoms with Gasteiger partial charge in [-0.1, -0.05) is 37.3 Å². The first kappa shape index (κ1) is 17.6. The molecule has 0 bridgehead atoms. The van der Waals surface area contributed by atoms with Gasteiger partial charge in [0, 0.05) is 19.7 Å². The summed E-state index contributed by atoms with van der Waals surface area (Å²) < 4.78 is 5.39. The van der Waals surface area contributed by atoms with E-state index in [1.807, 2.05) is 44.3 Å². The second kappa shape index (κ2) is 9.51. The van der Waals surface area contributed by atoms with Crippen molar-refractivity contribution in [3.8, 4) is 6.07 Å². The van der Waals surface area contributed by atoms with E-state index in [2.05, 4.69) is 23.2 Å². The normalized spacial score (nSPS) is 13.9. The lowest BCUT2D eigenvalue weighted by molar-refractivity contribution is 0.114. The Bertz CT molecular complexity index is 429. The first-order valence-corrected chi connectivity index (χ1v) is 7.66. The molecule has 0 aliphatic rings. The number of nitriles is 1. The number of nitrogens with one attached hydrogen (secondary N) is 1. The maximum atomic E-state index is 9.81. The average Bonchev–Trinajstić information content (AvgIpc) is 2.52. The van der Waals surface area contributed by atoms with E-state index in [0.29, 0.717) is 13.2 Å². The predicted molar refractivity (Wildman–Crippen MR) is 86.0 cm³/mol. The molecule has 0 spiro atoms. The third-order valence-corrected chi connectivity index (χ3v) is 3.46. The second-order valence-corrected chi connectivity index (χ2v) is 5.24. The van der Waals surface area contributed by atoms with Gasteiger partial charge in [-0.3, -0.25) is 5.32 Å². The van der Waals surface area contributed by atoms with Crippen LogP contribution in [0.15, 0.2) is 30.3 Å². The number of nitrogens with zero attached hydrogens (tertiary/aromatic N) is 2. The van der Waals surface area contributed by atoms with Crippen LogP contribution in [0.1, 0.15) is 25.8 Å². The van der Waals surface area contributed by atoms with Gasteiger partial charge in [0.2, 0.25) is 0 Å². The summed E-state index contributed by atoms with van der Waals surface area (Å²) >= 11 is 0. The van der Waals surface area contributed by atoms with Gasteiger partial charge in [0.25, 0.3) is 0 Å². The molecule has 4 nitrogen and oxygen atoms in total. The molecule has 1 N–H and O–H groups in total. The van der Waals surface area contributed by atoms with Crippen LogP contribution >= 0.6 is 0 Å². The molecule has 1 aromatic rings. The van der Waals surface area contributed by atoms with Gasteiger partial charge < -0.3 is 9.64 Å². The van der Waals surface area contributed by atoms with Crippen LogP contribution in [0.5, 0.6) is 0 Å². The van der Waals surface area contributed by atoms with Gasteiger partial charge in [-0.05, 0) is 32.5 Å². The van der Waals surface area contributed by atoms with Crippen molar-refractivity contribution in [2.24, 2.45) is 0 Å². The highest BCUT2D eigenvalue weighted by Crippen LogP contribution is 2.21. The quantitative estimate of drug-likeness (QED) is 0.672. The molecule has 4 heteroatoms. The summed E-state index contributed by atoms with van der Waals surface area (Å²) in [6.07, 6.45) is 0.999. The Balaban J connectivity index is 2.84. The van der Waals surface area contributed by atoms with Crippen molar-refractivity contribution in [3.63, 3.8) is 0 Å². The number of hydrogen-bond donors (Lipinski definition) is 1. The number of benzene rings is 1. The van der Waals surface area contributed by atoms with Gasteiger partial charge >= 0.3 is 0 Å². The zero-order valence-electron chi connectivity index (χ0n) is 13.4. The van der Waals surface area contributed by atoms with Crippen LogP contribution in [0, 0.1) is 11.3 Å². The molecule has 1 aromatic carbocycles. The van der Waals surface area contributed by atoms with Crippen molar-refractivity contribution in [2.45, 2.75) is 25.8 Å². The Kier molecular flexibility index (Phi) is 7.99. The molecular formula is C17H27N3O. The van der Waals surface area contributed by atoms with Crippen LogP contribution in [-0.2, 0) is 10.3 Å². The number of likely N-dealkylation sites (N-methyl/N-ethyl adjacent to an activating group) is 1. The van der Waals surface area contributed by atoms with Crippen molar-refractivity contribution in [1.29, 1.82) is 5.26 Å². The maximum Gasteiger partial charge on any atom is 0.145 e. The van der Waals surface area contributed by atoms with Crippen LogP contribution in [0.25, 0.3) is 0 Å².